The Morgan fingerprint density at radius 1 is 1.25 bits per heavy atom. The van der Waals surface area contributed by atoms with Crippen LogP contribution in [0.4, 0.5) is 5.69 Å². The van der Waals surface area contributed by atoms with Crippen molar-refractivity contribution in [2.75, 3.05) is 12.0 Å². The Labute approximate surface area is 141 Å². The van der Waals surface area contributed by atoms with E-state index in [0.29, 0.717) is 11.5 Å². The number of ether oxygens (including phenoxy) is 1. The number of nitrogens with two attached hydrogens (primary N) is 2. The highest BCUT2D eigenvalue weighted by molar-refractivity contribution is 6.06. The van der Waals surface area contributed by atoms with Crippen molar-refractivity contribution in [2.45, 2.75) is 44.7 Å². The van der Waals surface area contributed by atoms with Gasteiger partial charge in [0.1, 0.15) is 5.66 Å². The van der Waals surface area contributed by atoms with Crippen LogP contribution in [0.1, 0.15) is 48.0 Å². The molecule has 0 aromatic heterocycles. The normalized spacial score (nSPS) is 19.7. The molecule has 1 aliphatic heterocycles. The molecule has 0 atom stereocenters. The van der Waals surface area contributed by atoms with Gasteiger partial charge in [0, 0.05) is 5.69 Å². The van der Waals surface area contributed by atoms with E-state index in [1.807, 2.05) is 24.0 Å². The van der Waals surface area contributed by atoms with Crippen molar-refractivity contribution in [2.24, 2.45) is 21.5 Å². The summed E-state index contributed by atoms with van der Waals surface area (Å²) in [6.45, 7) is 1.87. The van der Waals surface area contributed by atoms with Crippen LogP contribution in [0, 0.1) is 6.92 Å². The number of hydrogen-bond donors (Lipinski definition) is 2. The molecule has 0 saturated heterocycles. The number of aliphatic imine (C=N–C) groups is 2. The SMILES string of the molecule is COC(=O)c1ccc(N2C(N)=NC(N)=NC23CCCCC3)cc1C. The topological polar surface area (TPSA) is 106 Å². The van der Waals surface area contributed by atoms with Crippen LogP contribution in [-0.4, -0.2) is 30.7 Å². The maximum absolute atomic E-state index is 11.8. The molecule has 1 saturated carbocycles. The lowest BCUT2D eigenvalue weighted by Gasteiger charge is -2.45. The summed E-state index contributed by atoms with van der Waals surface area (Å²) in [5.74, 6) is 0.220. The van der Waals surface area contributed by atoms with Crippen LogP contribution < -0.4 is 16.4 Å². The number of hydrogen-bond acceptors (Lipinski definition) is 7. The molecule has 24 heavy (non-hydrogen) atoms. The summed E-state index contributed by atoms with van der Waals surface area (Å²) in [7, 11) is 1.37. The fourth-order valence-electron chi connectivity index (χ4n) is 3.62. The Balaban J connectivity index is 2.04. The Hall–Kier alpha value is -2.57. The third kappa shape index (κ3) is 2.70. The van der Waals surface area contributed by atoms with Gasteiger partial charge in [0.25, 0.3) is 0 Å². The molecular formula is C17H23N5O2. The van der Waals surface area contributed by atoms with Crippen molar-refractivity contribution in [3.05, 3.63) is 29.3 Å². The molecule has 0 amide bonds. The predicted octanol–water partition coefficient (Wildman–Crippen LogP) is 1.89. The average Bonchev–Trinajstić information content (AvgIpc) is 2.54. The fourth-order valence-corrected chi connectivity index (χ4v) is 3.62. The second-order valence-corrected chi connectivity index (χ2v) is 6.31. The Kier molecular flexibility index (Phi) is 4.17. The van der Waals surface area contributed by atoms with Gasteiger partial charge in [0.2, 0.25) is 11.9 Å². The Bertz CT molecular complexity index is 720. The minimum Gasteiger partial charge on any atom is -0.465 e. The van der Waals surface area contributed by atoms with Gasteiger partial charge in [-0.3, -0.25) is 4.90 Å². The lowest BCUT2D eigenvalue weighted by Crippen LogP contribution is -2.58. The van der Waals surface area contributed by atoms with E-state index in [9.17, 15) is 4.79 Å². The summed E-state index contributed by atoms with van der Waals surface area (Å²) in [5.41, 5.74) is 13.8. The number of aryl methyl sites for hydroxylation is 1. The zero-order chi connectivity index (χ0) is 17.3. The fraction of sp³-hybridized carbons (Fsp3) is 0.471. The van der Waals surface area contributed by atoms with E-state index in [2.05, 4.69) is 9.98 Å². The number of nitrogens with zero attached hydrogens (tertiary/aromatic N) is 3. The van der Waals surface area contributed by atoms with Crippen molar-refractivity contribution in [3.63, 3.8) is 0 Å². The zero-order valence-electron chi connectivity index (χ0n) is 14.1. The molecule has 2 aliphatic rings. The number of anilines is 1. The van der Waals surface area contributed by atoms with Crippen LogP contribution >= 0.6 is 0 Å². The monoisotopic (exact) mass is 329 g/mol. The van der Waals surface area contributed by atoms with Crippen molar-refractivity contribution in [1.82, 2.24) is 0 Å². The van der Waals surface area contributed by atoms with E-state index >= 15 is 0 Å². The maximum atomic E-state index is 11.8. The number of benzene rings is 1. The summed E-state index contributed by atoms with van der Waals surface area (Å²) in [5, 5.41) is 0. The summed E-state index contributed by atoms with van der Waals surface area (Å²) in [6, 6.07) is 5.53. The molecule has 1 aromatic carbocycles. The molecule has 0 unspecified atom stereocenters. The van der Waals surface area contributed by atoms with Gasteiger partial charge in [0.05, 0.1) is 12.7 Å². The van der Waals surface area contributed by atoms with Gasteiger partial charge in [-0.2, -0.15) is 4.99 Å². The average molecular weight is 329 g/mol. The number of esters is 1. The molecule has 128 valence electrons. The second kappa shape index (κ2) is 6.14. The number of guanidine groups is 2. The number of rotatable bonds is 2. The standard InChI is InChI=1S/C17H23N5O2/c1-11-10-12(6-7-13(11)14(23)24-2)22-16(19)20-15(18)21-17(22)8-4-3-5-9-17/h6-7,10H,3-5,8-9H2,1-2H3,(H4,18,19,20,21). The summed E-state index contributed by atoms with van der Waals surface area (Å²) in [4.78, 5) is 22.6. The van der Waals surface area contributed by atoms with Gasteiger partial charge in [-0.15, -0.1) is 0 Å². The van der Waals surface area contributed by atoms with Crippen LogP contribution in [-0.2, 0) is 4.74 Å². The van der Waals surface area contributed by atoms with Crippen molar-refractivity contribution >= 4 is 23.6 Å². The van der Waals surface area contributed by atoms with Gasteiger partial charge in [-0.05, 0) is 56.4 Å². The minimum atomic E-state index is -0.479. The molecule has 1 aromatic rings. The molecule has 1 spiro atoms. The van der Waals surface area contributed by atoms with E-state index < -0.39 is 5.66 Å². The smallest absolute Gasteiger partial charge is 0.338 e. The zero-order valence-corrected chi connectivity index (χ0v) is 14.1. The quantitative estimate of drug-likeness (QED) is 0.806. The highest BCUT2D eigenvalue weighted by Gasteiger charge is 2.42. The van der Waals surface area contributed by atoms with Gasteiger partial charge in [-0.25, -0.2) is 9.79 Å². The Morgan fingerprint density at radius 3 is 2.58 bits per heavy atom. The lowest BCUT2D eigenvalue weighted by atomic mass is 9.87. The first-order chi connectivity index (χ1) is 11.5. The van der Waals surface area contributed by atoms with E-state index in [4.69, 9.17) is 16.2 Å². The highest BCUT2D eigenvalue weighted by Crippen LogP contribution is 2.39. The minimum absolute atomic E-state index is 0.230. The number of carbonyl (C=O) groups is 1. The van der Waals surface area contributed by atoms with Gasteiger partial charge >= 0.3 is 5.97 Å². The molecule has 1 fully saturated rings. The number of carbonyl (C=O) groups excluding carboxylic acids is 1. The van der Waals surface area contributed by atoms with E-state index in [1.165, 1.54) is 13.5 Å². The molecule has 3 rings (SSSR count). The van der Waals surface area contributed by atoms with E-state index in [-0.39, 0.29) is 11.9 Å². The van der Waals surface area contributed by atoms with Crippen molar-refractivity contribution in [1.29, 1.82) is 0 Å². The molecule has 0 radical (unpaired) electrons. The van der Waals surface area contributed by atoms with Gasteiger partial charge < -0.3 is 16.2 Å². The van der Waals surface area contributed by atoms with Crippen molar-refractivity contribution < 1.29 is 9.53 Å². The summed E-state index contributed by atoms with van der Waals surface area (Å²) in [6.07, 6.45) is 5.07. The molecule has 1 heterocycles. The molecule has 0 bridgehead atoms. The van der Waals surface area contributed by atoms with Gasteiger partial charge in [0.15, 0.2) is 0 Å². The first-order valence-corrected chi connectivity index (χ1v) is 8.15. The third-order valence-electron chi connectivity index (χ3n) is 4.72. The molecule has 1 aliphatic carbocycles. The first-order valence-electron chi connectivity index (χ1n) is 8.15. The second-order valence-electron chi connectivity index (χ2n) is 6.31. The molecular weight excluding hydrogens is 306 g/mol. The maximum Gasteiger partial charge on any atom is 0.338 e. The third-order valence-corrected chi connectivity index (χ3v) is 4.72. The molecule has 7 heteroatoms. The highest BCUT2D eigenvalue weighted by atomic mass is 16.5. The van der Waals surface area contributed by atoms with Gasteiger partial charge in [-0.1, -0.05) is 6.42 Å². The Morgan fingerprint density at radius 2 is 1.96 bits per heavy atom. The largest absolute Gasteiger partial charge is 0.465 e. The first kappa shape index (κ1) is 16.3. The predicted molar refractivity (Wildman–Crippen MR) is 94.1 cm³/mol. The summed E-state index contributed by atoms with van der Waals surface area (Å²) < 4.78 is 4.81. The van der Waals surface area contributed by atoms with Crippen molar-refractivity contribution in [3.8, 4) is 0 Å². The molecule has 4 N–H and O–H groups in total. The lowest BCUT2D eigenvalue weighted by molar-refractivity contribution is 0.0600. The summed E-state index contributed by atoms with van der Waals surface area (Å²) >= 11 is 0. The number of methoxy groups -OCH3 is 1. The molecule has 7 nitrogen and oxygen atoms in total. The van der Waals surface area contributed by atoms with E-state index in [1.54, 1.807) is 6.07 Å². The van der Waals surface area contributed by atoms with Crippen LogP contribution in [0.3, 0.4) is 0 Å². The van der Waals surface area contributed by atoms with Crippen LogP contribution in [0.5, 0.6) is 0 Å². The van der Waals surface area contributed by atoms with Crippen LogP contribution in [0.2, 0.25) is 0 Å². The van der Waals surface area contributed by atoms with Crippen LogP contribution in [0.25, 0.3) is 0 Å². The van der Waals surface area contributed by atoms with E-state index in [0.717, 1.165) is 36.9 Å². The van der Waals surface area contributed by atoms with Crippen LogP contribution in [0.15, 0.2) is 28.2 Å².